The van der Waals surface area contributed by atoms with Crippen LogP contribution in [0.1, 0.15) is 22.3 Å². The largest absolute Gasteiger partial charge is 0.435 e. The number of nitrogen functional groups attached to an aromatic ring is 1. The van der Waals surface area contributed by atoms with Crippen molar-refractivity contribution in [2.75, 3.05) is 16.8 Å². The second-order valence-corrected chi connectivity index (χ2v) is 7.59. The van der Waals surface area contributed by atoms with Crippen LogP contribution in [0.25, 0.3) is 11.3 Å². The minimum absolute atomic E-state index is 0.00689. The van der Waals surface area contributed by atoms with E-state index in [-0.39, 0.29) is 44.9 Å². The van der Waals surface area contributed by atoms with Gasteiger partial charge in [-0.15, -0.1) is 0 Å². The molecule has 2 aromatic heterocycles. The fourth-order valence-electron chi connectivity index (χ4n) is 2.96. The molecule has 0 unspecified atom stereocenters. The van der Waals surface area contributed by atoms with Crippen LogP contribution in [0.15, 0.2) is 32.5 Å². The molecule has 3 rings (SSSR count). The number of aromatic nitrogens is 3. The van der Waals surface area contributed by atoms with Crippen molar-refractivity contribution in [1.29, 1.82) is 10.5 Å². The van der Waals surface area contributed by atoms with Crippen LogP contribution < -0.4 is 21.4 Å². The molecule has 0 atom stereocenters. The van der Waals surface area contributed by atoms with Gasteiger partial charge in [0.2, 0.25) is 5.91 Å². The van der Waals surface area contributed by atoms with Crippen molar-refractivity contribution in [3.63, 3.8) is 0 Å². The molecule has 10 nitrogen and oxygen atoms in total. The van der Waals surface area contributed by atoms with E-state index < -0.39 is 5.63 Å². The number of rotatable bonds is 5. The quantitative estimate of drug-likeness (QED) is 0.400. The number of carbonyl (C=O) groups is 1. The number of aromatic amines is 1. The van der Waals surface area contributed by atoms with E-state index in [2.05, 4.69) is 15.6 Å². The molecule has 156 valence electrons. The van der Waals surface area contributed by atoms with Crippen molar-refractivity contribution in [1.82, 2.24) is 10.3 Å². The van der Waals surface area contributed by atoms with Gasteiger partial charge in [-0.1, -0.05) is 28.6 Å². The number of benzene rings is 1. The molecule has 0 saturated carbocycles. The van der Waals surface area contributed by atoms with E-state index in [1.54, 1.807) is 6.07 Å². The van der Waals surface area contributed by atoms with Crippen LogP contribution in [0.5, 0.6) is 0 Å². The molecule has 0 aliphatic heterocycles. The van der Waals surface area contributed by atoms with E-state index >= 15 is 0 Å². The van der Waals surface area contributed by atoms with Gasteiger partial charge in [0.05, 0.1) is 11.3 Å². The lowest BCUT2D eigenvalue weighted by Crippen LogP contribution is -2.34. The van der Waals surface area contributed by atoms with Crippen molar-refractivity contribution in [3.05, 3.63) is 50.9 Å². The molecule has 0 radical (unpaired) electrons. The van der Waals surface area contributed by atoms with Crippen molar-refractivity contribution in [2.45, 2.75) is 18.9 Å². The number of hydrogen-bond donors (Lipinski definition) is 3. The van der Waals surface area contributed by atoms with Gasteiger partial charge in [-0.2, -0.15) is 10.5 Å². The van der Waals surface area contributed by atoms with Crippen molar-refractivity contribution >= 4 is 29.2 Å². The Bertz CT molecular complexity index is 1330. The van der Waals surface area contributed by atoms with E-state index in [1.807, 2.05) is 38.1 Å². The fraction of sp³-hybridized carbons (Fsp3) is 0.200. The Morgan fingerprint density at radius 3 is 2.65 bits per heavy atom. The zero-order chi connectivity index (χ0) is 22.7. The molecule has 0 bridgehead atoms. The zero-order valence-electron chi connectivity index (χ0n) is 16.9. The van der Waals surface area contributed by atoms with Gasteiger partial charge in [-0.3, -0.25) is 9.32 Å². The van der Waals surface area contributed by atoms with Gasteiger partial charge in [-0.05, 0) is 36.3 Å². The second-order valence-electron chi connectivity index (χ2n) is 6.62. The third-order valence-electron chi connectivity index (χ3n) is 4.68. The lowest BCUT2D eigenvalue weighted by atomic mass is 10.0. The summed E-state index contributed by atoms with van der Waals surface area (Å²) in [5.41, 5.74) is 7.62. The van der Waals surface area contributed by atoms with Crippen LogP contribution in [-0.4, -0.2) is 21.9 Å². The van der Waals surface area contributed by atoms with Crippen LogP contribution in [0.4, 0.5) is 11.5 Å². The third kappa shape index (κ3) is 4.13. The van der Waals surface area contributed by atoms with Crippen molar-refractivity contribution < 1.29 is 14.0 Å². The number of hydrogen-bond acceptors (Lipinski definition) is 8. The van der Waals surface area contributed by atoms with Crippen LogP contribution in [0, 0.1) is 36.5 Å². The number of amides is 1. The van der Waals surface area contributed by atoms with Gasteiger partial charge in [0.1, 0.15) is 34.1 Å². The number of pyridine rings is 1. The lowest BCUT2D eigenvalue weighted by Gasteiger charge is -2.11. The van der Waals surface area contributed by atoms with Crippen LogP contribution in [0.2, 0.25) is 0 Å². The summed E-state index contributed by atoms with van der Waals surface area (Å²) in [6.45, 7) is 3.85. The third-order valence-corrected chi connectivity index (χ3v) is 5.65. The molecular weight excluding hydrogens is 418 g/mol. The Balaban J connectivity index is 1.97. The highest BCUT2D eigenvalue weighted by molar-refractivity contribution is 8.00. The first-order valence-corrected chi connectivity index (χ1v) is 9.97. The standard InChI is InChI=1S/C20H17N7O3S/c1-10-5-4-6-14(11(10)2)24-15(28)9-31-19-13(8-22)16(12(7-21)18(23)25-19)17-20(29)30-26-27(17)3/h4-6H,9H2,1-3H3,(H3-,23,24,25,26,28,29)/p+1. The summed E-state index contributed by atoms with van der Waals surface area (Å²) in [5.74, 6) is -0.525. The summed E-state index contributed by atoms with van der Waals surface area (Å²) in [4.78, 5) is 28.8. The van der Waals surface area contributed by atoms with Gasteiger partial charge in [0.15, 0.2) is 7.05 Å². The average Bonchev–Trinajstić information content (AvgIpc) is 3.07. The highest BCUT2D eigenvalue weighted by Gasteiger charge is 2.31. The molecule has 1 aromatic carbocycles. The number of thioether (sulfide) groups is 1. The van der Waals surface area contributed by atoms with Gasteiger partial charge < -0.3 is 11.1 Å². The minimum atomic E-state index is -0.773. The van der Waals surface area contributed by atoms with Crippen LogP contribution in [-0.2, 0) is 11.8 Å². The monoisotopic (exact) mass is 436 g/mol. The highest BCUT2D eigenvalue weighted by atomic mass is 32.2. The molecule has 3 aromatic rings. The molecule has 31 heavy (non-hydrogen) atoms. The highest BCUT2D eigenvalue weighted by Crippen LogP contribution is 2.33. The number of nitrogens with zero attached hydrogens (tertiary/aromatic N) is 4. The average molecular weight is 436 g/mol. The molecule has 0 fully saturated rings. The second kappa shape index (κ2) is 8.73. The van der Waals surface area contributed by atoms with Gasteiger partial charge >= 0.3 is 11.3 Å². The van der Waals surface area contributed by atoms with Crippen LogP contribution >= 0.6 is 11.8 Å². The fourth-order valence-corrected chi connectivity index (χ4v) is 3.75. The number of carbonyl (C=O) groups excluding carboxylic acids is 1. The van der Waals surface area contributed by atoms with Crippen molar-refractivity contribution in [2.24, 2.45) is 7.05 Å². The molecular formula is C20H18N7O3S+. The minimum Gasteiger partial charge on any atom is -0.383 e. The predicted molar refractivity (Wildman–Crippen MR) is 113 cm³/mol. The smallest absolute Gasteiger partial charge is 0.383 e. The summed E-state index contributed by atoms with van der Waals surface area (Å²) in [6.07, 6.45) is 0. The Labute approximate surface area is 181 Å². The summed E-state index contributed by atoms with van der Waals surface area (Å²) < 4.78 is 5.98. The van der Waals surface area contributed by atoms with Gasteiger partial charge in [0, 0.05) is 5.69 Å². The number of nitrogens with two attached hydrogens (primary N) is 1. The predicted octanol–water partition coefficient (Wildman–Crippen LogP) is 1.53. The molecule has 0 aliphatic rings. The molecule has 2 heterocycles. The Hall–Kier alpha value is -4.09. The maximum atomic E-state index is 12.5. The number of anilines is 2. The van der Waals surface area contributed by atoms with Gasteiger partial charge in [-0.25, -0.2) is 9.78 Å². The van der Waals surface area contributed by atoms with E-state index in [0.29, 0.717) is 5.69 Å². The number of nitrogens with one attached hydrogen (secondary N) is 2. The molecule has 0 aliphatic carbocycles. The first kappa shape index (κ1) is 21.6. The maximum absolute atomic E-state index is 12.5. The number of H-pyrrole nitrogens is 1. The molecule has 4 N–H and O–H groups in total. The molecule has 11 heteroatoms. The molecule has 0 saturated heterocycles. The number of nitriles is 2. The Morgan fingerprint density at radius 2 is 2.03 bits per heavy atom. The van der Waals surface area contributed by atoms with E-state index in [4.69, 9.17) is 10.3 Å². The molecule has 0 spiro atoms. The molecule has 1 amide bonds. The van der Waals surface area contributed by atoms with E-state index in [1.165, 1.54) is 11.7 Å². The number of aryl methyl sites for hydroxylation is 2. The lowest BCUT2D eigenvalue weighted by molar-refractivity contribution is -0.730. The summed E-state index contributed by atoms with van der Waals surface area (Å²) in [7, 11) is 1.49. The summed E-state index contributed by atoms with van der Waals surface area (Å²) in [5, 5.41) is 24.6. The maximum Gasteiger partial charge on any atom is 0.435 e. The van der Waals surface area contributed by atoms with E-state index in [9.17, 15) is 20.1 Å². The zero-order valence-corrected chi connectivity index (χ0v) is 17.8. The summed E-state index contributed by atoms with van der Waals surface area (Å²) >= 11 is 0.978. The SMILES string of the molecule is Cc1cccc(NC(=O)CSc2nc(N)c(C#N)c(-c3c(=O)o[nH][n+]3C)c2C#N)c1C. The first-order chi connectivity index (χ1) is 14.8. The van der Waals surface area contributed by atoms with Crippen molar-refractivity contribution in [3.8, 4) is 23.4 Å². The Kier molecular flexibility index (Phi) is 6.09. The topological polar surface area (TPSA) is 165 Å². The normalized spacial score (nSPS) is 10.4. The Morgan fingerprint density at radius 1 is 1.32 bits per heavy atom. The van der Waals surface area contributed by atoms with Gasteiger partial charge in [0.25, 0.3) is 0 Å². The summed E-state index contributed by atoms with van der Waals surface area (Å²) in [6, 6.07) is 9.44. The van der Waals surface area contributed by atoms with E-state index in [0.717, 1.165) is 22.9 Å². The van der Waals surface area contributed by atoms with Crippen LogP contribution in [0.3, 0.4) is 0 Å². The first-order valence-electron chi connectivity index (χ1n) is 8.98.